The van der Waals surface area contributed by atoms with Gasteiger partial charge >= 0.3 is 0 Å². The summed E-state index contributed by atoms with van der Waals surface area (Å²) in [5, 5.41) is 3.54. The van der Waals surface area contributed by atoms with Crippen molar-refractivity contribution < 1.29 is 4.79 Å². The third-order valence-corrected chi connectivity index (χ3v) is 3.41. The van der Waals surface area contributed by atoms with E-state index in [2.05, 4.69) is 10.0 Å². The van der Waals surface area contributed by atoms with Crippen LogP contribution < -0.4 is 5.73 Å². The largest absolute Gasteiger partial charge is 0.399 e. The lowest BCUT2D eigenvalue weighted by Gasteiger charge is -2.17. The molecule has 1 aromatic carbocycles. The first-order valence-electron chi connectivity index (χ1n) is 6.23. The summed E-state index contributed by atoms with van der Waals surface area (Å²) >= 11 is 0. The van der Waals surface area contributed by atoms with Gasteiger partial charge in [0.1, 0.15) is 0 Å². The normalized spacial score (nSPS) is 18.5. The number of nitrogen functional groups attached to an aromatic ring is 1. The zero-order valence-electron chi connectivity index (χ0n) is 10.9. The number of nitrogens with two attached hydrogens (primary N) is 1. The lowest BCUT2D eigenvalue weighted by Crippen LogP contribution is -2.24. The van der Waals surface area contributed by atoms with Crippen molar-refractivity contribution in [2.45, 2.75) is 19.9 Å². The summed E-state index contributed by atoms with van der Waals surface area (Å²) in [4.78, 5) is 16.4. The van der Waals surface area contributed by atoms with E-state index in [0.29, 0.717) is 26.1 Å². The molecule has 0 aliphatic carbocycles. The third-order valence-electron chi connectivity index (χ3n) is 3.41. The van der Waals surface area contributed by atoms with E-state index >= 15 is 0 Å². The first-order valence-corrected chi connectivity index (χ1v) is 6.23. The summed E-state index contributed by atoms with van der Waals surface area (Å²) in [5.41, 5.74) is 16.9. The molecule has 0 radical (unpaired) electrons. The molecule has 1 atom stereocenters. The summed E-state index contributed by atoms with van der Waals surface area (Å²) in [6.45, 7) is 3.59. The van der Waals surface area contributed by atoms with Crippen LogP contribution in [-0.4, -0.2) is 23.9 Å². The first-order chi connectivity index (χ1) is 9.10. The molecule has 0 aromatic heterocycles. The van der Waals surface area contributed by atoms with E-state index in [0.717, 1.165) is 16.8 Å². The maximum atomic E-state index is 11.9. The van der Waals surface area contributed by atoms with Crippen molar-refractivity contribution in [3.8, 4) is 0 Å². The fourth-order valence-corrected chi connectivity index (χ4v) is 2.34. The van der Waals surface area contributed by atoms with Gasteiger partial charge in [-0.1, -0.05) is 17.2 Å². The Balaban J connectivity index is 2.01. The van der Waals surface area contributed by atoms with Crippen LogP contribution in [0.2, 0.25) is 0 Å². The summed E-state index contributed by atoms with van der Waals surface area (Å²) in [7, 11) is 0. The zero-order valence-corrected chi connectivity index (χ0v) is 10.9. The number of amides is 1. The molecule has 19 heavy (non-hydrogen) atoms. The van der Waals surface area contributed by atoms with Crippen LogP contribution in [0.4, 0.5) is 5.69 Å². The van der Waals surface area contributed by atoms with Crippen LogP contribution in [0.25, 0.3) is 10.4 Å². The molecule has 1 saturated heterocycles. The van der Waals surface area contributed by atoms with Crippen LogP contribution in [0, 0.1) is 12.8 Å². The highest BCUT2D eigenvalue weighted by Crippen LogP contribution is 2.22. The number of carbonyl (C=O) groups excluding carboxylic acids is 1. The Morgan fingerprint density at radius 3 is 3.05 bits per heavy atom. The summed E-state index contributed by atoms with van der Waals surface area (Å²) in [6.07, 6.45) is 0.465. The molecular formula is C13H17N5O. The standard InChI is InChI=1S/C13H17N5O/c1-9-4-10(2-3-12(9)14)7-18-8-11(5-13(18)19)6-16-17-15/h2-4,11H,5-8,14H2,1H3. The fraction of sp³-hybridized carbons (Fsp3) is 0.462. The maximum absolute atomic E-state index is 11.9. The van der Waals surface area contributed by atoms with Gasteiger partial charge in [0.15, 0.2) is 0 Å². The topological polar surface area (TPSA) is 95.1 Å². The van der Waals surface area contributed by atoms with Gasteiger partial charge in [0, 0.05) is 36.7 Å². The molecule has 0 bridgehead atoms. The second-order valence-corrected chi connectivity index (χ2v) is 4.95. The minimum atomic E-state index is 0.118. The van der Waals surface area contributed by atoms with E-state index < -0.39 is 0 Å². The van der Waals surface area contributed by atoms with Gasteiger partial charge in [0.2, 0.25) is 5.91 Å². The molecule has 1 aliphatic heterocycles. The highest BCUT2D eigenvalue weighted by molar-refractivity contribution is 5.78. The smallest absolute Gasteiger partial charge is 0.223 e. The Bertz CT molecular complexity index is 536. The number of benzene rings is 1. The number of azide groups is 1. The average Bonchev–Trinajstić information content (AvgIpc) is 2.72. The summed E-state index contributed by atoms with van der Waals surface area (Å²) in [6, 6.07) is 5.81. The van der Waals surface area contributed by atoms with Crippen molar-refractivity contribution in [2.75, 3.05) is 18.8 Å². The SMILES string of the molecule is Cc1cc(CN2CC(CN=[N+]=[N-])CC2=O)ccc1N. The molecule has 1 heterocycles. The Morgan fingerprint density at radius 2 is 2.37 bits per heavy atom. The fourth-order valence-electron chi connectivity index (χ4n) is 2.34. The molecule has 1 unspecified atom stereocenters. The lowest BCUT2D eigenvalue weighted by molar-refractivity contribution is -0.128. The number of aryl methyl sites for hydroxylation is 1. The van der Waals surface area contributed by atoms with Crippen molar-refractivity contribution in [1.29, 1.82) is 0 Å². The number of carbonyl (C=O) groups is 1. The van der Waals surface area contributed by atoms with Gasteiger partial charge in [-0.25, -0.2) is 0 Å². The van der Waals surface area contributed by atoms with Crippen LogP contribution in [0.3, 0.4) is 0 Å². The predicted octanol–water partition coefficient (Wildman–Crippen LogP) is 2.24. The number of nitrogens with zero attached hydrogens (tertiary/aromatic N) is 4. The van der Waals surface area contributed by atoms with Gasteiger partial charge in [0.25, 0.3) is 0 Å². The highest BCUT2D eigenvalue weighted by atomic mass is 16.2. The second-order valence-electron chi connectivity index (χ2n) is 4.95. The van der Waals surface area contributed by atoms with E-state index in [1.807, 2.05) is 30.0 Å². The van der Waals surface area contributed by atoms with Crippen LogP contribution in [0.15, 0.2) is 23.3 Å². The van der Waals surface area contributed by atoms with E-state index in [1.165, 1.54) is 0 Å². The molecule has 6 nitrogen and oxygen atoms in total. The van der Waals surface area contributed by atoms with Crippen LogP contribution in [-0.2, 0) is 11.3 Å². The molecule has 0 saturated carbocycles. The van der Waals surface area contributed by atoms with Crippen molar-refractivity contribution >= 4 is 11.6 Å². The molecule has 2 N–H and O–H groups in total. The molecule has 6 heteroatoms. The first kappa shape index (κ1) is 13.2. The molecule has 100 valence electrons. The van der Waals surface area contributed by atoms with E-state index in [9.17, 15) is 4.79 Å². The monoisotopic (exact) mass is 259 g/mol. The number of anilines is 1. The molecule has 1 aliphatic rings. The van der Waals surface area contributed by atoms with Gasteiger partial charge in [-0.15, -0.1) is 0 Å². The molecule has 1 amide bonds. The average molecular weight is 259 g/mol. The molecule has 2 rings (SSSR count). The minimum absolute atomic E-state index is 0.118. The third kappa shape index (κ3) is 3.17. The number of likely N-dealkylation sites (tertiary alicyclic amines) is 1. The van der Waals surface area contributed by atoms with Crippen LogP contribution in [0.1, 0.15) is 17.5 Å². The Hall–Kier alpha value is -2.20. The maximum Gasteiger partial charge on any atom is 0.223 e. The number of rotatable bonds is 4. The second kappa shape index (κ2) is 5.63. The van der Waals surface area contributed by atoms with E-state index in [-0.39, 0.29) is 11.8 Å². The van der Waals surface area contributed by atoms with Gasteiger partial charge in [0.05, 0.1) is 0 Å². The van der Waals surface area contributed by atoms with Crippen LogP contribution in [0.5, 0.6) is 0 Å². The molecular weight excluding hydrogens is 242 g/mol. The number of hydrogen-bond acceptors (Lipinski definition) is 3. The zero-order chi connectivity index (χ0) is 13.8. The van der Waals surface area contributed by atoms with Crippen molar-refractivity contribution in [3.05, 3.63) is 39.8 Å². The summed E-state index contributed by atoms with van der Waals surface area (Å²) in [5.74, 6) is 0.255. The van der Waals surface area contributed by atoms with Gasteiger partial charge in [-0.05, 0) is 35.6 Å². The van der Waals surface area contributed by atoms with E-state index in [4.69, 9.17) is 11.3 Å². The minimum Gasteiger partial charge on any atom is -0.399 e. The van der Waals surface area contributed by atoms with Gasteiger partial charge < -0.3 is 10.6 Å². The molecule has 1 fully saturated rings. The Morgan fingerprint density at radius 1 is 1.58 bits per heavy atom. The summed E-state index contributed by atoms with van der Waals surface area (Å²) < 4.78 is 0. The predicted molar refractivity (Wildman–Crippen MR) is 73.1 cm³/mol. The molecule has 1 aromatic rings. The van der Waals surface area contributed by atoms with Crippen LogP contribution >= 0.6 is 0 Å². The van der Waals surface area contributed by atoms with Crippen molar-refractivity contribution in [1.82, 2.24) is 4.90 Å². The molecule has 0 spiro atoms. The quantitative estimate of drug-likeness (QED) is 0.388. The lowest BCUT2D eigenvalue weighted by atomic mass is 10.1. The Kier molecular flexibility index (Phi) is 3.92. The van der Waals surface area contributed by atoms with Gasteiger partial charge in [-0.2, -0.15) is 0 Å². The van der Waals surface area contributed by atoms with Gasteiger partial charge in [-0.3, -0.25) is 4.79 Å². The number of hydrogen-bond donors (Lipinski definition) is 1. The van der Waals surface area contributed by atoms with Crippen molar-refractivity contribution in [2.24, 2.45) is 11.0 Å². The highest BCUT2D eigenvalue weighted by Gasteiger charge is 2.28. The Labute approximate surface area is 111 Å². The van der Waals surface area contributed by atoms with E-state index in [1.54, 1.807) is 0 Å². The van der Waals surface area contributed by atoms with Crippen molar-refractivity contribution in [3.63, 3.8) is 0 Å².